The molecule has 18 heavy (non-hydrogen) atoms. The Morgan fingerprint density at radius 2 is 2.11 bits per heavy atom. The van der Waals surface area contributed by atoms with Gasteiger partial charge in [0.25, 0.3) is 0 Å². The van der Waals surface area contributed by atoms with Gasteiger partial charge in [-0.1, -0.05) is 30.3 Å². The number of nitrogens with two attached hydrogens (primary N) is 1. The summed E-state index contributed by atoms with van der Waals surface area (Å²) in [4.78, 5) is 4.25. The van der Waals surface area contributed by atoms with Crippen LogP contribution in [0, 0.1) is 0 Å². The second kappa shape index (κ2) is 9.90. The number of guanidine groups is 1. The van der Waals surface area contributed by atoms with Crippen LogP contribution >= 0.6 is 24.0 Å². The molecule has 0 atom stereocenters. The highest BCUT2D eigenvalue weighted by molar-refractivity contribution is 14.0. The molecule has 1 aromatic rings. The zero-order valence-corrected chi connectivity index (χ0v) is 12.9. The second-order valence-electron chi connectivity index (χ2n) is 3.57. The van der Waals surface area contributed by atoms with Crippen LogP contribution in [0.3, 0.4) is 0 Å². The first-order valence-corrected chi connectivity index (χ1v) is 5.48. The molecule has 4 nitrogen and oxygen atoms in total. The molecule has 0 spiro atoms. The quantitative estimate of drug-likeness (QED) is 0.353. The molecule has 0 unspecified atom stereocenters. The van der Waals surface area contributed by atoms with E-state index in [1.165, 1.54) is 0 Å². The van der Waals surface area contributed by atoms with E-state index in [0.29, 0.717) is 25.7 Å². The maximum Gasteiger partial charge on any atom is 0.189 e. The van der Waals surface area contributed by atoms with Gasteiger partial charge < -0.3 is 15.8 Å². The molecule has 0 aliphatic rings. The average molecular weight is 361 g/mol. The molecule has 0 radical (unpaired) electrons. The molecule has 0 aliphatic carbocycles. The highest BCUT2D eigenvalue weighted by atomic mass is 127. The summed E-state index contributed by atoms with van der Waals surface area (Å²) in [6, 6.07) is 8.03. The van der Waals surface area contributed by atoms with Gasteiger partial charge in [0.2, 0.25) is 0 Å². The molecule has 0 aromatic heterocycles. The number of halogens is 1. The fourth-order valence-electron chi connectivity index (χ4n) is 1.41. The molecule has 0 amide bonds. The van der Waals surface area contributed by atoms with Crippen molar-refractivity contribution < 1.29 is 4.74 Å². The van der Waals surface area contributed by atoms with Gasteiger partial charge in [0, 0.05) is 13.7 Å². The molecule has 0 bridgehead atoms. The van der Waals surface area contributed by atoms with Crippen molar-refractivity contribution in [3.05, 3.63) is 48.0 Å². The lowest BCUT2D eigenvalue weighted by molar-refractivity contribution is 0.184. The van der Waals surface area contributed by atoms with Crippen molar-refractivity contribution >= 4 is 29.9 Å². The Morgan fingerprint density at radius 1 is 1.44 bits per heavy atom. The van der Waals surface area contributed by atoms with Crippen LogP contribution in [0.25, 0.3) is 0 Å². The Balaban J connectivity index is 0.00000289. The van der Waals surface area contributed by atoms with E-state index in [9.17, 15) is 0 Å². The third-order valence-electron chi connectivity index (χ3n) is 2.27. The molecule has 3 N–H and O–H groups in total. The van der Waals surface area contributed by atoms with E-state index in [1.54, 1.807) is 13.2 Å². The summed E-state index contributed by atoms with van der Waals surface area (Å²) in [7, 11) is 1.68. The van der Waals surface area contributed by atoms with Gasteiger partial charge in [0.05, 0.1) is 13.2 Å². The lowest BCUT2D eigenvalue weighted by Crippen LogP contribution is -2.31. The summed E-state index contributed by atoms with van der Waals surface area (Å²) in [6.07, 6.45) is 1.74. The minimum atomic E-state index is 0. The van der Waals surface area contributed by atoms with Crippen molar-refractivity contribution in [3.8, 4) is 0 Å². The number of nitrogens with one attached hydrogen (secondary N) is 1. The predicted octanol–water partition coefficient (Wildman–Crippen LogP) is 2.04. The van der Waals surface area contributed by atoms with Crippen LogP contribution in [-0.4, -0.2) is 19.6 Å². The first kappa shape index (κ1) is 16.9. The van der Waals surface area contributed by atoms with E-state index in [0.717, 1.165) is 11.1 Å². The lowest BCUT2D eigenvalue weighted by atomic mass is 10.1. The standard InChI is InChI=1S/C13H19N3O.HI/c1-3-8-15-13(14)16-9-11-6-4-5-7-12(11)10-17-2;/h3-7H,1,8-10H2,2H3,(H3,14,15,16);1H. The fraction of sp³-hybridized carbons (Fsp3) is 0.308. The SMILES string of the molecule is C=CCNC(N)=NCc1ccccc1COC.I. The van der Waals surface area contributed by atoms with Crippen molar-refractivity contribution in [2.75, 3.05) is 13.7 Å². The Hall–Kier alpha value is -1.08. The monoisotopic (exact) mass is 361 g/mol. The Labute approximate surface area is 125 Å². The normalized spacial score (nSPS) is 10.6. The molecular formula is C13H20IN3O. The van der Waals surface area contributed by atoms with Crippen molar-refractivity contribution in [3.63, 3.8) is 0 Å². The van der Waals surface area contributed by atoms with Crippen LogP contribution in [0.4, 0.5) is 0 Å². The molecule has 0 saturated heterocycles. The Morgan fingerprint density at radius 3 is 2.72 bits per heavy atom. The van der Waals surface area contributed by atoms with Crippen LogP contribution in [0.5, 0.6) is 0 Å². The molecule has 0 aliphatic heterocycles. The lowest BCUT2D eigenvalue weighted by Gasteiger charge is -2.07. The highest BCUT2D eigenvalue weighted by Crippen LogP contribution is 2.10. The molecule has 0 saturated carbocycles. The zero-order valence-electron chi connectivity index (χ0n) is 10.6. The van der Waals surface area contributed by atoms with Gasteiger partial charge in [-0.15, -0.1) is 30.6 Å². The number of hydrogen-bond acceptors (Lipinski definition) is 2. The van der Waals surface area contributed by atoms with Crippen LogP contribution in [0.15, 0.2) is 41.9 Å². The van der Waals surface area contributed by atoms with Crippen LogP contribution in [0.1, 0.15) is 11.1 Å². The molecule has 5 heteroatoms. The van der Waals surface area contributed by atoms with E-state index >= 15 is 0 Å². The van der Waals surface area contributed by atoms with Crippen molar-refractivity contribution in [2.24, 2.45) is 10.7 Å². The molecule has 0 heterocycles. The van der Waals surface area contributed by atoms with Crippen molar-refractivity contribution in [1.82, 2.24) is 5.32 Å². The smallest absolute Gasteiger partial charge is 0.189 e. The summed E-state index contributed by atoms with van der Waals surface area (Å²) in [5.41, 5.74) is 7.95. The van der Waals surface area contributed by atoms with Gasteiger partial charge >= 0.3 is 0 Å². The fourth-order valence-corrected chi connectivity index (χ4v) is 1.41. The molecule has 1 rings (SSSR count). The summed E-state index contributed by atoms with van der Waals surface area (Å²) < 4.78 is 5.13. The van der Waals surface area contributed by atoms with Crippen LogP contribution < -0.4 is 11.1 Å². The minimum absolute atomic E-state index is 0. The summed E-state index contributed by atoms with van der Waals surface area (Å²) in [5, 5.41) is 2.93. The van der Waals surface area contributed by atoms with Gasteiger partial charge in [-0.3, -0.25) is 0 Å². The number of rotatable bonds is 6. The number of hydrogen-bond donors (Lipinski definition) is 2. The number of benzene rings is 1. The summed E-state index contributed by atoms with van der Waals surface area (Å²) >= 11 is 0. The number of aliphatic imine (C=N–C) groups is 1. The van der Waals surface area contributed by atoms with E-state index in [2.05, 4.69) is 16.9 Å². The highest BCUT2D eigenvalue weighted by Gasteiger charge is 2.00. The average Bonchev–Trinajstić information content (AvgIpc) is 2.35. The maximum absolute atomic E-state index is 5.69. The number of ether oxygens (including phenoxy) is 1. The number of nitrogens with zero attached hydrogens (tertiary/aromatic N) is 1. The van der Waals surface area contributed by atoms with Crippen molar-refractivity contribution in [1.29, 1.82) is 0 Å². The second-order valence-corrected chi connectivity index (χ2v) is 3.57. The van der Waals surface area contributed by atoms with E-state index in [1.807, 2.05) is 24.3 Å². The van der Waals surface area contributed by atoms with E-state index in [-0.39, 0.29) is 24.0 Å². The van der Waals surface area contributed by atoms with Gasteiger partial charge in [0.1, 0.15) is 0 Å². The molecule has 1 aromatic carbocycles. The predicted molar refractivity (Wildman–Crippen MR) is 86.1 cm³/mol. The van der Waals surface area contributed by atoms with Gasteiger partial charge in [-0.25, -0.2) is 4.99 Å². The summed E-state index contributed by atoms with van der Waals surface area (Å²) in [5.74, 6) is 0.428. The van der Waals surface area contributed by atoms with Gasteiger partial charge in [-0.2, -0.15) is 0 Å². The molecule has 100 valence electrons. The largest absolute Gasteiger partial charge is 0.380 e. The third kappa shape index (κ3) is 6.02. The van der Waals surface area contributed by atoms with Gasteiger partial charge in [0.15, 0.2) is 5.96 Å². The Bertz CT molecular complexity index is 394. The summed E-state index contributed by atoms with van der Waals surface area (Å²) in [6.45, 7) is 5.36. The first-order valence-electron chi connectivity index (χ1n) is 5.48. The van der Waals surface area contributed by atoms with E-state index in [4.69, 9.17) is 10.5 Å². The Kier molecular flexibility index (Phi) is 9.31. The third-order valence-corrected chi connectivity index (χ3v) is 2.27. The minimum Gasteiger partial charge on any atom is -0.380 e. The zero-order chi connectivity index (χ0) is 12.5. The molecular weight excluding hydrogens is 341 g/mol. The van der Waals surface area contributed by atoms with Crippen LogP contribution in [-0.2, 0) is 17.9 Å². The number of methoxy groups -OCH3 is 1. The maximum atomic E-state index is 5.69. The van der Waals surface area contributed by atoms with Crippen LogP contribution in [0.2, 0.25) is 0 Å². The van der Waals surface area contributed by atoms with E-state index < -0.39 is 0 Å². The van der Waals surface area contributed by atoms with Crippen molar-refractivity contribution in [2.45, 2.75) is 13.2 Å². The first-order chi connectivity index (χ1) is 8.27. The van der Waals surface area contributed by atoms with Gasteiger partial charge in [-0.05, 0) is 11.1 Å². The topological polar surface area (TPSA) is 59.6 Å². The molecule has 0 fully saturated rings.